The minimum Gasteiger partial charge on any atom is -0.465 e. The number of esters is 1. The molecule has 1 heterocycles. The zero-order valence-electron chi connectivity index (χ0n) is 22.6. The van der Waals surface area contributed by atoms with E-state index in [1.54, 1.807) is 12.1 Å². The van der Waals surface area contributed by atoms with Gasteiger partial charge in [-0.1, -0.05) is 39.8 Å². The Balaban J connectivity index is 1.60. The predicted octanol–water partition coefficient (Wildman–Crippen LogP) is 2.51. The highest BCUT2D eigenvalue weighted by Crippen LogP contribution is 2.69. The Morgan fingerprint density at radius 2 is 1.56 bits per heavy atom. The van der Waals surface area contributed by atoms with Crippen molar-refractivity contribution in [1.82, 2.24) is 4.90 Å². The van der Waals surface area contributed by atoms with Gasteiger partial charge in [-0.25, -0.2) is 23.3 Å². The largest absolute Gasteiger partial charge is 0.465 e. The van der Waals surface area contributed by atoms with Gasteiger partial charge in [0.15, 0.2) is 0 Å². The van der Waals surface area contributed by atoms with Crippen molar-refractivity contribution in [2.75, 3.05) is 18.6 Å². The SMILES string of the molecule is COC(=O)c1ccc(N2C(=O)CC(N(CCc3ccc(S(N)(=O)=O)cc3)C(=O)C3C(C)(C)C3(C)C)C2=O)cc1. The molecule has 1 saturated carbocycles. The standard InChI is InChI=1S/C28H33N3O7S/c1-27(2)23(28(27,3)4)25(34)30(15-14-17-6-12-20(13-7-17)39(29,36)37)21-16-22(32)31(24(21)33)19-10-8-18(9-11-19)26(35)38-5/h6-13,21,23H,14-16H2,1-5H3,(H2,29,36,37). The molecule has 10 nitrogen and oxygen atoms in total. The topological polar surface area (TPSA) is 144 Å². The third-order valence-electron chi connectivity index (χ3n) is 8.49. The number of hydrogen-bond donors (Lipinski definition) is 1. The van der Waals surface area contributed by atoms with E-state index in [4.69, 9.17) is 9.88 Å². The Bertz CT molecular complexity index is 1420. The maximum Gasteiger partial charge on any atom is 0.337 e. The number of nitrogens with zero attached hydrogens (tertiary/aromatic N) is 2. The minimum absolute atomic E-state index is 0.0221. The van der Waals surface area contributed by atoms with E-state index < -0.39 is 33.8 Å². The van der Waals surface area contributed by atoms with Crippen molar-refractivity contribution in [1.29, 1.82) is 0 Å². The Labute approximate surface area is 228 Å². The number of sulfonamides is 1. The molecular weight excluding hydrogens is 522 g/mol. The Kier molecular flexibility index (Phi) is 7.20. The van der Waals surface area contributed by atoms with E-state index in [0.29, 0.717) is 12.1 Å². The second-order valence-electron chi connectivity index (χ2n) is 11.2. The third kappa shape index (κ3) is 5.08. The van der Waals surface area contributed by atoms with Gasteiger partial charge in [0, 0.05) is 12.5 Å². The monoisotopic (exact) mass is 555 g/mol. The lowest BCUT2D eigenvalue weighted by Crippen LogP contribution is -2.47. The minimum atomic E-state index is -3.84. The van der Waals surface area contributed by atoms with Crippen molar-refractivity contribution in [3.05, 3.63) is 59.7 Å². The first kappa shape index (κ1) is 28.4. The molecule has 1 aliphatic heterocycles. The van der Waals surface area contributed by atoms with Crippen LogP contribution in [0.5, 0.6) is 0 Å². The molecule has 2 N–H and O–H groups in total. The molecular formula is C28H33N3O7S. The molecule has 0 aromatic heterocycles. The van der Waals surface area contributed by atoms with Gasteiger partial charge >= 0.3 is 5.97 Å². The normalized spacial score (nSPS) is 20.2. The van der Waals surface area contributed by atoms with Gasteiger partial charge in [0.05, 0.1) is 29.7 Å². The van der Waals surface area contributed by atoms with E-state index in [0.717, 1.165) is 10.5 Å². The fourth-order valence-corrected chi connectivity index (χ4v) is 6.01. The lowest BCUT2D eigenvalue weighted by atomic mass is 10.0. The summed E-state index contributed by atoms with van der Waals surface area (Å²) in [5, 5.41) is 5.18. The van der Waals surface area contributed by atoms with E-state index in [-0.39, 0.29) is 46.1 Å². The van der Waals surface area contributed by atoms with Gasteiger partial charge in [-0.2, -0.15) is 0 Å². The number of rotatable bonds is 8. The number of imide groups is 1. The van der Waals surface area contributed by atoms with Crippen molar-refractivity contribution >= 4 is 39.4 Å². The van der Waals surface area contributed by atoms with Crippen LogP contribution in [0.4, 0.5) is 5.69 Å². The zero-order valence-corrected chi connectivity index (χ0v) is 23.4. The van der Waals surface area contributed by atoms with E-state index >= 15 is 0 Å². The van der Waals surface area contributed by atoms with Crippen LogP contribution in [0.3, 0.4) is 0 Å². The van der Waals surface area contributed by atoms with Crippen molar-refractivity contribution in [2.45, 2.75) is 51.5 Å². The van der Waals surface area contributed by atoms with Crippen LogP contribution in [0, 0.1) is 16.7 Å². The summed E-state index contributed by atoms with van der Waals surface area (Å²) >= 11 is 0. The number of hydrogen-bond acceptors (Lipinski definition) is 7. The number of ether oxygens (including phenoxy) is 1. The van der Waals surface area contributed by atoms with Gasteiger partial charge in [0.1, 0.15) is 6.04 Å². The van der Waals surface area contributed by atoms with Crippen molar-refractivity contribution < 1.29 is 32.3 Å². The highest BCUT2D eigenvalue weighted by molar-refractivity contribution is 7.89. The van der Waals surface area contributed by atoms with Crippen molar-refractivity contribution in [3.63, 3.8) is 0 Å². The average molecular weight is 556 g/mol. The Morgan fingerprint density at radius 1 is 1.00 bits per heavy atom. The maximum absolute atomic E-state index is 13.9. The van der Waals surface area contributed by atoms with Crippen molar-refractivity contribution in [2.24, 2.45) is 21.9 Å². The molecule has 2 aliphatic rings. The number of nitrogens with two attached hydrogens (primary N) is 1. The highest BCUT2D eigenvalue weighted by Gasteiger charge is 2.69. The van der Waals surface area contributed by atoms with Crippen molar-refractivity contribution in [3.8, 4) is 0 Å². The fourth-order valence-electron chi connectivity index (χ4n) is 5.49. The molecule has 1 unspecified atom stereocenters. The van der Waals surface area contributed by atoms with Gasteiger partial charge in [0.25, 0.3) is 5.91 Å². The summed E-state index contributed by atoms with van der Waals surface area (Å²) in [5.74, 6) is -2.02. The Morgan fingerprint density at radius 3 is 2.05 bits per heavy atom. The van der Waals surface area contributed by atoms with E-state index in [1.807, 2.05) is 27.7 Å². The number of primary sulfonamides is 1. The summed E-state index contributed by atoms with van der Waals surface area (Å²) in [6.45, 7) is 8.20. The molecule has 3 amide bonds. The van der Waals surface area contributed by atoms with E-state index in [2.05, 4.69) is 0 Å². The lowest BCUT2D eigenvalue weighted by Gasteiger charge is -2.29. The Hall–Kier alpha value is -3.57. The maximum atomic E-state index is 13.9. The lowest BCUT2D eigenvalue weighted by molar-refractivity contribution is -0.140. The number of amides is 3. The summed E-state index contributed by atoms with van der Waals surface area (Å²) in [7, 11) is -2.58. The number of carbonyl (C=O) groups is 4. The number of benzene rings is 2. The first-order valence-electron chi connectivity index (χ1n) is 12.6. The summed E-state index contributed by atoms with van der Waals surface area (Å²) in [6.07, 6.45) is 0.178. The second kappa shape index (κ2) is 9.87. The third-order valence-corrected chi connectivity index (χ3v) is 9.42. The second-order valence-corrected chi connectivity index (χ2v) is 12.7. The van der Waals surface area contributed by atoms with E-state index in [1.165, 1.54) is 48.4 Å². The first-order valence-corrected chi connectivity index (χ1v) is 14.1. The first-order chi connectivity index (χ1) is 18.1. The van der Waals surface area contributed by atoms with Gasteiger partial charge < -0.3 is 9.64 Å². The van der Waals surface area contributed by atoms with Crippen LogP contribution in [0.25, 0.3) is 0 Å². The van der Waals surface area contributed by atoms with Gasteiger partial charge in [-0.05, 0) is 59.2 Å². The van der Waals surface area contributed by atoms with Crippen LogP contribution >= 0.6 is 0 Å². The molecule has 2 aromatic rings. The quantitative estimate of drug-likeness (QED) is 0.389. The average Bonchev–Trinajstić information content (AvgIpc) is 3.10. The molecule has 0 bridgehead atoms. The smallest absolute Gasteiger partial charge is 0.337 e. The number of anilines is 1. The summed E-state index contributed by atoms with van der Waals surface area (Å²) in [5.41, 5.74) is 0.767. The van der Waals surface area contributed by atoms with Crippen LogP contribution in [0.1, 0.15) is 50.0 Å². The van der Waals surface area contributed by atoms with E-state index in [9.17, 15) is 27.6 Å². The predicted molar refractivity (Wildman–Crippen MR) is 143 cm³/mol. The number of methoxy groups -OCH3 is 1. The molecule has 39 heavy (non-hydrogen) atoms. The summed E-state index contributed by atoms with van der Waals surface area (Å²) in [4.78, 5) is 54.8. The molecule has 0 radical (unpaired) electrons. The fraction of sp³-hybridized carbons (Fsp3) is 0.429. The summed E-state index contributed by atoms with van der Waals surface area (Å²) in [6, 6.07) is 11.0. The molecule has 11 heteroatoms. The zero-order chi connectivity index (χ0) is 28.9. The van der Waals surface area contributed by atoms with Crippen LogP contribution in [0.15, 0.2) is 53.4 Å². The van der Waals surface area contributed by atoms with Gasteiger partial charge in [-0.15, -0.1) is 0 Å². The molecule has 1 atom stereocenters. The molecule has 2 fully saturated rings. The van der Waals surface area contributed by atoms with Crippen LogP contribution < -0.4 is 10.0 Å². The summed E-state index contributed by atoms with van der Waals surface area (Å²) < 4.78 is 27.9. The molecule has 4 rings (SSSR count). The van der Waals surface area contributed by atoms with Crippen LogP contribution in [0.2, 0.25) is 0 Å². The van der Waals surface area contributed by atoms with Gasteiger partial charge in [0.2, 0.25) is 21.8 Å². The molecule has 1 saturated heterocycles. The molecule has 208 valence electrons. The highest BCUT2D eigenvalue weighted by atomic mass is 32.2. The molecule has 0 spiro atoms. The van der Waals surface area contributed by atoms with Crippen LogP contribution in [-0.4, -0.2) is 56.7 Å². The van der Waals surface area contributed by atoms with Crippen LogP contribution in [-0.2, 0) is 35.6 Å². The van der Waals surface area contributed by atoms with Gasteiger partial charge in [-0.3, -0.25) is 14.4 Å². The molecule has 2 aromatic carbocycles. The number of carbonyl (C=O) groups excluding carboxylic acids is 4. The molecule has 1 aliphatic carbocycles.